The first-order valence-corrected chi connectivity index (χ1v) is 6.17. The summed E-state index contributed by atoms with van der Waals surface area (Å²) < 4.78 is 13.2. The minimum atomic E-state index is -0.323. The largest absolute Gasteiger partial charge is 0.317 e. The molecule has 1 aromatic rings. The summed E-state index contributed by atoms with van der Waals surface area (Å²) in [6.07, 6.45) is 4.11. The lowest BCUT2D eigenvalue weighted by Crippen LogP contribution is -2.25. The molecule has 1 atom stereocenters. The topological polar surface area (TPSA) is 12.0 Å². The van der Waals surface area contributed by atoms with Crippen LogP contribution in [0.1, 0.15) is 31.7 Å². The molecule has 0 amide bonds. The maximum Gasteiger partial charge on any atom is 0.142 e. The first-order chi connectivity index (χ1) is 7.69. The Kier molecular flexibility index (Phi) is 5.78. The Balaban J connectivity index is 2.56. The number of hydrogen-bond donors (Lipinski definition) is 1. The molecule has 90 valence electrons. The molecular weight excluding hydrogens is 225 g/mol. The van der Waals surface area contributed by atoms with E-state index in [1.165, 1.54) is 6.07 Å². The van der Waals surface area contributed by atoms with Gasteiger partial charge < -0.3 is 5.32 Å². The summed E-state index contributed by atoms with van der Waals surface area (Å²) in [6, 6.07) is 5.49. The normalized spacial score (nSPS) is 12.8. The molecule has 0 fully saturated rings. The van der Waals surface area contributed by atoms with Crippen LogP contribution in [0, 0.1) is 5.82 Å². The quantitative estimate of drug-likeness (QED) is 0.802. The lowest BCUT2D eigenvalue weighted by atomic mass is 10.0. The lowest BCUT2D eigenvalue weighted by molar-refractivity contribution is 0.483. The van der Waals surface area contributed by atoms with Gasteiger partial charge in [0.1, 0.15) is 5.82 Å². The molecule has 0 spiro atoms. The SMILES string of the molecule is CCCC(CCc1cccc(F)c1Cl)NC. The molecule has 0 bridgehead atoms. The van der Waals surface area contributed by atoms with Gasteiger partial charge in [-0.15, -0.1) is 0 Å². The highest BCUT2D eigenvalue weighted by Crippen LogP contribution is 2.21. The van der Waals surface area contributed by atoms with Crippen molar-refractivity contribution in [2.24, 2.45) is 0 Å². The van der Waals surface area contributed by atoms with E-state index in [0.29, 0.717) is 6.04 Å². The van der Waals surface area contributed by atoms with Crippen molar-refractivity contribution in [3.8, 4) is 0 Å². The first kappa shape index (κ1) is 13.5. The molecule has 0 saturated heterocycles. The smallest absolute Gasteiger partial charge is 0.142 e. The first-order valence-electron chi connectivity index (χ1n) is 5.79. The summed E-state index contributed by atoms with van der Waals surface area (Å²) >= 11 is 5.90. The lowest BCUT2D eigenvalue weighted by Gasteiger charge is -2.15. The highest BCUT2D eigenvalue weighted by Gasteiger charge is 2.09. The molecule has 0 radical (unpaired) electrons. The Bertz CT molecular complexity index is 328. The molecule has 1 unspecified atom stereocenters. The Morgan fingerprint density at radius 3 is 2.75 bits per heavy atom. The summed E-state index contributed by atoms with van der Waals surface area (Å²) in [6.45, 7) is 2.17. The van der Waals surface area contributed by atoms with Crippen LogP contribution in [0.2, 0.25) is 5.02 Å². The number of halogens is 2. The molecule has 1 rings (SSSR count). The van der Waals surface area contributed by atoms with E-state index in [9.17, 15) is 4.39 Å². The third-order valence-corrected chi connectivity index (χ3v) is 3.26. The van der Waals surface area contributed by atoms with Gasteiger partial charge in [-0.05, 0) is 37.9 Å². The summed E-state index contributed by atoms with van der Waals surface area (Å²) in [4.78, 5) is 0. The van der Waals surface area contributed by atoms with Crippen LogP contribution < -0.4 is 5.32 Å². The minimum Gasteiger partial charge on any atom is -0.317 e. The van der Waals surface area contributed by atoms with Gasteiger partial charge >= 0.3 is 0 Å². The Hall–Kier alpha value is -0.600. The predicted octanol–water partition coefficient (Wildman–Crippen LogP) is 3.80. The molecular formula is C13H19ClFN. The highest BCUT2D eigenvalue weighted by atomic mass is 35.5. The number of rotatable bonds is 6. The molecule has 0 aliphatic heterocycles. The van der Waals surface area contributed by atoms with Crippen LogP contribution in [0.15, 0.2) is 18.2 Å². The third kappa shape index (κ3) is 3.76. The van der Waals surface area contributed by atoms with Gasteiger partial charge in [-0.25, -0.2) is 4.39 Å². The van der Waals surface area contributed by atoms with Crippen molar-refractivity contribution >= 4 is 11.6 Å². The van der Waals surface area contributed by atoms with Crippen LogP contribution in [0.3, 0.4) is 0 Å². The molecule has 1 N–H and O–H groups in total. The van der Waals surface area contributed by atoms with Crippen LogP contribution in [0.25, 0.3) is 0 Å². The zero-order chi connectivity index (χ0) is 12.0. The van der Waals surface area contributed by atoms with Crippen LogP contribution >= 0.6 is 11.6 Å². The van der Waals surface area contributed by atoms with Crippen molar-refractivity contribution in [1.82, 2.24) is 5.32 Å². The maximum absolute atomic E-state index is 13.2. The van der Waals surface area contributed by atoms with Gasteiger partial charge in [-0.1, -0.05) is 37.1 Å². The van der Waals surface area contributed by atoms with E-state index in [1.807, 2.05) is 13.1 Å². The van der Waals surface area contributed by atoms with Gasteiger partial charge in [0.2, 0.25) is 0 Å². The fraction of sp³-hybridized carbons (Fsp3) is 0.538. The standard InChI is InChI=1S/C13H19ClFN/c1-3-5-11(16-2)9-8-10-6-4-7-12(15)13(10)14/h4,6-7,11,16H,3,5,8-9H2,1-2H3. The van der Waals surface area contributed by atoms with E-state index >= 15 is 0 Å². The van der Waals surface area contributed by atoms with Gasteiger partial charge in [-0.3, -0.25) is 0 Å². The summed E-state index contributed by atoms with van der Waals surface area (Å²) in [5, 5.41) is 3.54. The van der Waals surface area contributed by atoms with E-state index in [-0.39, 0.29) is 10.8 Å². The second-order valence-corrected chi connectivity index (χ2v) is 4.40. The van der Waals surface area contributed by atoms with E-state index in [2.05, 4.69) is 12.2 Å². The second kappa shape index (κ2) is 6.87. The average Bonchev–Trinajstić information content (AvgIpc) is 2.29. The molecule has 0 saturated carbocycles. The number of nitrogens with one attached hydrogen (secondary N) is 1. The van der Waals surface area contributed by atoms with E-state index < -0.39 is 0 Å². The van der Waals surface area contributed by atoms with Crippen molar-refractivity contribution in [3.63, 3.8) is 0 Å². The minimum absolute atomic E-state index is 0.272. The van der Waals surface area contributed by atoms with Gasteiger partial charge in [0.05, 0.1) is 5.02 Å². The van der Waals surface area contributed by atoms with Gasteiger partial charge in [0, 0.05) is 6.04 Å². The Morgan fingerprint density at radius 2 is 2.12 bits per heavy atom. The van der Waals surface area contributed by atoms with Gasteiger partial charge in [-0.2, -0.15) is 0 Å². The fourth-order valence-electron chi connectivity index (χ4n) is 1.85. The van der Waals surface area contributed by atoms with E-state index in [1.54, 1.807) is 6.07 Å². The molecule has 16 heavy (non-hydrogen) atoms. The fourth-order valence-corrected chi connectivity index (χ4v) is 2.07. The Labute approximate surface area is 102 Å². The van der Waals surface area contributed by atoms with Crippen molar-refractivity contribution in [2.75, 3.05) is 7.05 Å². The van der Waals surface area contributed by atoms with Crippen molar-refractivity contribution < 1.29 is 4.39 Å². The molecule has 3 heteroatoms. The second-order valence-electron chi connectivity index (χ2n) is 4.03. The van der Waals surface area contributed by atoms with E-state index in [0.717, 1.165) is 31.2 Å². The third-order valence-electron chi connectivity index (χ3n) is 2.84. The van der Waals surface area contributed by atoms with Gasteiger partial charge in [0.25, 0.3) is 0 Å². The average molecular weight is 244 g/mol. The van der Waals surface area contributed by atoms with Crippen molar-refractivity contribution in [3.05, 3.63) is 34.6 Å². The highest BCUT2D eigenvalue weighted by molar-refractivity contribution is 6.31. The zero-order valence-electron chi connectivity index (χ0n) is 9.89. The van der Waals surface area contributed by atoms with Crippen molar-refractivity contribution in [1.29, 1.82) is 0 Å². The zero-order valence-corrected chi connectivity index (χ0v) is 10.6. The predicted molar refractivity (Wildman–Crippen MR) is 67.5 cm³/mol. The summed E-state index contributed by atoms with van der Waals surface area (Å²) in [5.41, 5.74) is 0.901. The van der Waals surface area contributed by atoms with Crippen LogP contribution in [0.5, 0.6) is 0 Å². The molecule has 0 aliphatic carbocycles. The summed E-state index contributed by atoms with van der Waals surface area (Å²) in [5.74, 6) is -0.323. The molecule has 0 aliphatic rings. The van der Waals surface area contributed by atoms with E-state index in [4.69, 9.17) is 11.6 Å². The maximum atomic E-state index is 13.2. The number of hydrogen-bond acceptors (Lipinski definition) is 1. The molecule has 0 aromatic heterocycles. The van der Waals surface area contributed by atoms with Crippen LogP contribution in [-0.4, -0.2) is 13.1 Å². The molecule has 1 aromatic carbocycles. The Morgan fingerprint density at radius 1 is 1.38 bits per heavy atom. The number of benzene rings is 1. The van der Waals surface area contributed by atoms with Gasteiger partial charge in [0.15, 0.2) is 0 Å². The molecule has 1 nitrogen and oxygen atoms in total. The summed E-state index contributed by atoms with van der Waals surface area (Å²) in [7, 11) is 1.97. The van der Waals surface area contributed by atoms with Crippen molar-refractivity contribution in [2.45, 2.75) is 38.6 Å². The van der Waals surface area contributed by atoms with Crippen LogP contribution in [-0.2, 0) is 6.42 Å². The monoisotopic (exact) mass is 243 g/mol. The van der Waals surface area contributed by atoms with Crippen LogP contribution in [0.4, 0.5) is 4.39 Å². The number of aryl methyl sites for hydroxylation is 1. The molecule has 0 heterocycles.